The second kappa shape index (κ2) is 11.6. The van der Waals surface area contributed by atoms with Gasteiger partial charge in [0.15, 0.2) is 0 Å². The van der Waals surface area contributed by atoms with E-state index in [1.54, 1.807) is 24.3 Å². The molecular weight excluding hydrogens is 417 g/mol. The van der Waals surface area contributed by atoms with Crippen molar-refractivity contribution in [2.45, 2.75) is 76.7 Å². The van der Waals surface area contributed by atoms with Crippen molar-refractivity contribution in [2.24, 2.45) is 17.8 Å². The highest BCUT2D eigenvalue weighted by atomic mass is 19.4. The van der Waals surface area contributed by atoms with Gasteiger partial charge >= 0.3 is 12.3 Å². The fourth-order valence-corrected chi connectivity index (χ4v) is 4.55. The summed E-state index contributed by atoms with van der Waals surface area (Å²) < 4.78 is 46.6. The molecule has 2 aliphatic carbocycles. The SMILES string of the molecule is C=CCCC1CCC(C(=O)Oc2ccc(C#C[C@H]3CC[C@H](OC(F)(F)F)CC3)cc2)CC1. The average molecular weight is 449 g/mol. The zero-order valence-electron chi connectivity index (χ0n) is 18.3. The van der Waals surface area contributed by atoms with Crippen molar-refractivity contribution in [3.8, 4) is 17.6 Å². The zero-order valence-corrected chi connectivity index (χ0v) is 18.3. The fraction of sp³-hybridized carbons (Fsp3) is 0.577. The maximum atomic E-state index is 12.5. The van der Waals surface area contributed by atoms with Crippen LogP contribution < -0.4 is 4.74 Å². The molecule has 2 aliphatic rings. The summed E-state index contributed by atoms with van der Waals surface area (Å²) in [6, 6.07) is 7.10. The fourth-order valence-electron chi connectivity index (χ4n) is 4.55. The Morgan fingerprint density at radius 2 is 1.69 bits per heavy atom. The van der Waals surface area contributed by atoms with Crippen molar-refractivity contribution in [1.29, 1.82) is 0 Å². The van der Waals surface area contributed by atoms with Gasteiger partial charge in [0.1, 0.15) is 5.75 Å². The molecule has 32 heavy (non-hydrogen) atoms. The molecule has 2 fully saturated rings. The molecular formula is C26H31F3O3. The number of halogens is 3. The molecule has 1 aromatic carbocycles. The van der Waals surface area contributed by atoms with Crippen LogP contribution in [0.4, 0.5) is 13.2 Å². The van der Waals surface area contributed by atoms with Crippen molar-refractivity contribution < 1.29 is 27.4 Å². The van der Waals surface area contributed by atoms with Gasteiger partial charge in [-0.1, -0.05) is 17.9 Å². The quantitative estimate of drug-likeness (QED) is 0.208. The van der Waals surface area contributed by atoms with Gasteiger partial charge in [0, 0.05) is 11.5 Å². The molecule has 0 N–H and O–H groups in total. The van der Waals surface area contributed by atoms with E-state index in [0.717, 1.165) is 44.1 Å². The molecule has 0 saturated heterocycles. The van der Waals surface area contributed by atoms with E-state index >= 15 is 0 Å². The highest BCUT2D eigenvalue weighted by Gasteiger charge is 2.35. The van der Waals surface area contributed by atoms with Crippen LogP contribution in [0.25, 0.3) is 0 Å². The van der Waals surface area contributed by atoms with Gasteiger partial charge in [-0.05, 0) is 94.4 Å². The van der Waals surface area contributed by atoms with Crippen molar-refractivity contribution in [3.05, 3.63) is 42.5 Å². The first-order chi connectivity index (χ1) is 15.3. The minimum Gasteiger partial charge on any atom is -0.426 e. The number of ether oxygens (including phenoxy) is 2. The van der Waals surface area contributed by atoms with E-state index in [4.69, 9.17) is 4.74 Å². The van der Waals surface area contributed by atoms with Crippen LogP contribution in [0.2, 0.25) is 0 Å². The molecule has 2 saturated carbocycles. The molecule has 0 aromatic heterocycles. The Morgan fingerprint density at radius 3 is 2.28 bits per heavy atom. The van der Waals surface area contributed by atoms with Crippen LogP contribution in [-0.2, 0) is 9.53 Å². The predicted octanol–water partition coefficient (Wildman–Crippen LogP) is 6.81. The van der Waals surface area contributed by atoms with Crippen LogP contribution in [0.15, 0.2) is 36.9 Å². The lowest BCUT2D eigenvalue weighted by atomic mass is 9.80. The number of alkyl halides is 3. The largest absolute Gasteiger partial charge is 0.522 e. The van der Waals surface area contributed by atoms with Crippen LogP contribution in [0, 0.1) is 29.6 Å². The third-order valence-electron chi connectivity index (χ3n) is 6.43. The smallest absolute Gasteiger partial charge is 0.426 e. The maximum Gasteiger partial charge on any atom is 0.522 e. The Labute approximate surface area is 188 Å². The van der Waals surface area contributed by atoms with Crippen LogP contribution in [0.5, 0.6) is 5.75 Å². The number of rotatable bonds is 6. The molecule has 0 amide bonds. The lowest BCUT2D eigenvalue weighted by Crippen LogP contribution is -2.27. The first-order valence-corrected chi connectivity index (χ1v) is 11.5. The number of allylic oxidation sites excluding steroid dienone is 1. The number of carbonyl (C=O) groups excluding carboxylic acids is 1. The van der Waals surface area contributed by atoms with Gasteiger partial charge in [-0.25, -0.2) is 0 Å². The second-order valence-electron chi connectivity index (χ2n) is 8.84. The topological polar surface area (TPSA) is 35.5 Å². The number of hydrogen-bond donors (Lipinski definition) is 0. The third kappa shape index (κ3) is 8.02. The van der Waals surface area contributed by atoms with Crippen LogP contribution >= 0.6 is 0 Å². The first kappa shape index (κ1) is 24.4. The van der Waals surface area contributed by atoms with Crippen molar-refractivity contribution in [1.82, 2.24) is 0 Å². The molecule has 0 spiro atoms. The molecule has 0 bridgehead atoms. The van der Waals surface area contributed by atoms with Crippen molar-refractivity contribution >= 4 is 5.97 Å². The molecule has 0 unspecified atom stereocenters. The molecule has 174 valence electrons. The van der Waals surface area contributed by atoms with Gasteiger partial charge in [0.05, 0.1) is 12.0 Å². The van der Waals surface area contributed by atoms with E-state index in [1.165, 1.54) is 0 Å². The number of esters is 1. The monoisotopic (exact) mass is 448 g/mol. The third-order valence-corrected chi connectivity index (χ3v) is 6.43. The molecule has 0 atom stereocenters. The molecule has 1 aromatic rings. The average Bonchev–Trinajstić information content (AvgIpc) is 2.77. The summed E-state index contributed by atoms with van der Waals surface area (Å²) in [6.45, 7) is 3.77. The molecule has 0 radical (unpaired) electrons. The standard InChI is InChI=1S/C26H31F3O3/c1-2-3-4-19-7-13-22(14-8-19)25(30)31-23-15-9-20(10-16-23)5-6-21-11-17-24(18-12-21)32-26(27,28)29/h2,9-10,15-16,19,21-22,24H,1,3-4,7-8,11-14,17-18H2/t19?,21-,22?,24-. The number of benzene rings is 1. The van der Waals surface area contributed by atoms with E-state index in [9.17, 15) is 18.0 Å². The van der Waals surface area contributed by atoms with Crippen LogP contribution in [0.1, 0.15) is 69.8 Å². The molecule has 3 rings (SSSR count). The molecule has 0 heterocycles. The van der Waals surface area contributed by atoms with Crippen LogP contribution in [0.3, 0.4) is 0 Å². The van der Waals surface area contributed by atoms with Gasteiger partial charge in [0.25, 0.3) is 0 Å². The Hall–Kier alpha value is -2.26. The van der Waals surface area contributed by atoms with E-state index in [-0.39, 0.29) is 17.8 Å². The lowest BCUT2D eigenvalue weighted by Gasteiger charge is -2.26. The van der Waals surface area contributed by atoms with Gasteiger partial charge < -0.3 is 4.74 Å². The summed E-state index contributed by atoms with van der Waals surface area (Å²) >= 11 is 0. The molecule has 6 heteroatoms. The molecule has 0 aliphatic heterocycles. The van der Waals surface area contributed by atoms with E-state index in [2.05, 4.69) is 23.2 Å². The van der Waals surface area contributed by atoms with Gasteiger partial charge in [0.2, 0.25) is 0 Å². The zero-order chi connectivity index (χ0) is 23.0. The number of hydrogen-bond acceptors (Lipinski definition) is 3. The maximum absolute atomic E-state index is 12.5. The van der Waals surface area contributed by atoms with Gasteiger partial charge in [-0.3, -0.25) is 9.53 Å². The Bertz CT molecular complexity index is 803. The summed E-state index contributed by atoms with van der Waals surface area (Å²) in [7, 11) is 0. The number of carbonyl (C=O) groups is 1. The normalized spacial score (nSPS) is 26.0. The van der Waals surface area contributed by atoms with E-state index < -0.39 is 12.5 Å². The first-order valence-electron chi connectivity index (χ1n) is 11.5. The summed E-state index contributed by atoms with van der Waals surface area (Å²) in [6.07, 6.45) is 4.60. The van der Waals surface area contributed by atoms with Crippen molar-refractivity contribution in [2.75, 3.05) is 0 Å². The lowest BCUT2D eigenvalue weighted by molar-refractivity contribution is -0.345. The van der Waals surface area contributed by atoms with E-state index in [1.807, 2.05) is 6.08 Å². The highest BCUT2D eigenvalue weighted by molar-refractivity contribution is 5.75. The highest BCUT2D eigenvalue weighted by Crippen LogP contribution is 2.33. The minimum atomic E-state index is -4.57. The van der Waals surface area contributed by atoms with Crippen molar-refractivity contribution in [3.63, 3.8) is 0 Å². The summed E-state index contributed by atoms with van der Waals surface area (Å²) in [5, 5.41) is 0. The van der Waals surface area contributed by atoms with Gasteiger partial charge in [-0.15, -0.1) is 19.8 Å². The second-order valence-corrected chi connectivity index (χ2v) is 8.84. The molecule has 3 nitrogen and oxygen atoms in total. The Morgan fingerprint density at radius 1 is 1.03 bits per heavy atom. The van der Waals surface area contributed by atoms with Crippen LogP contribution in [-0.4, -0.2) is 18.4 Å². The van der Waals surface area contributed by atoms with Gasteiger partial charge in [-0.2, -0.15) is 0 Å². The Balaban J connectivity index is 1.42. The Kier molecular flexibility index (Phi) is 8.81. The predicted molar refractivity (Wildman–Crippen MR) is 117 cm³/mol. The minimum absolute atomic E-state index is 0.0362. The summed E-state index contributed by atoms with van der Waals surface area (Å²) in [4.78, 5) is 12.5. The summed E-state index contributed by atoms with van der Waals surface area (Å²) in [5.41, 5.74) is 0.793. The summed E-state index contributed by atoms with van der Waals surface area (Å²) in [5.74, 6) is 7.30. The van der Waals surface area contributed by atoms with E-state index in [0.29, 0.717) is 37.4 Å².